The van der Waals surface area contributed by atoms with Crippen molar-refractivity contribution >= 4 is 26.8 Å². The second kappa shape index (κ2) is 3.59. The van der Waals surface area contributed by atoms with Crippen molar-refractivity contribution in [2.75, 3.05) is 0 Å². The number of hydrogen-bond donors (Lipinski definition) is 1. The van der Waals surface area contributed by atoms with Crippen molar-refractivity contribution in [3.05, 3.63) is 27.9 Å². The zero-order valence-corrected chi connectivity index (χ0v) is 8.85. The first-order chi connectivity index (χ1) is 7.15. The zero-order chi connectivity index (χ0) is 11.0. The predicted octanol–water partition coefficient (Wildman–Crippen LogP) is 3.13. The molecule has 0 aliphatic heterocycles. The van der Waals surface area contributed by atoms with Gasteiger partial charge in [-0.3, -0.25) is 5.10 Å². The molecule has 2 aromatic rings. The summed E-state index contributed by atoms with van der Waals surface area (Å²) >= 11 is 3.16. The van der Waals surface area contributed by atoms with Crippen LogP contribution in [0.2, 0.25) is 0 Å². The van der Waals surface area contributed by atoms with Crippen LogP contribution in [0.25, 0.3) is 10.9 Å². The van der Waals surface area contributed by atoms with E-state index in [9.17, 15) is 8.78 Å². The average Bonchev–Trinajstić information content (AvgIpc) is 2.63. The Morgan fingerprint density at radius 1 is 1.47 bits per heavy atom. The molecule has 0 aliphatic carbocycles. The van der Waals surface area contributed by atoms with E-state index in [-0.39, 0.29) is 22.2 Å². The Labute approximate surface area is 91.8 Å². The SMILES string of the molecule is N#Cc1ccc(Br)c2c(C(F)F)[nH]nc12. The van der Waals surface area contributed by atoms with Crippen molar-refractivity contribution in [2.24, 2.45) is 0 Å². The summed E-state index contributed by atoms with van der Waals surface area (Å²) in [5.74, 6) is 0. The predicted molar refractivity (Wildman–Crippen MR) is 53.5 cm³/mol. The first-order valence-corrected chi connectivity index (χ1v) is 4.79. The van der Waals surface area contributed by atoms with Gasteiger partial charge in [0.25, 0.3) is 6.43 Å². The fourth-order valence-electron chi connectivity index (χ4n) is 1.36. The van der Waals surface area contributed by atoms with E-state index >= 15 is 0 Å². The molecule has 6 heteroatoms. The number of halogens is 3. The van der Waals surface area contributed by atoms with Crippen molar-refractivity contribution in [1.82, 2.24) is 10.2 Å². The number of H-pyrrole nitrogens is 1. The van der Waals surface area contributed by atoms with Gasteiger partial charge in [0.15, 0.2) is 0 Å². The maximum absolute atomic E-state index is 12.6. The Morgan fingerprint density at radius 3 is 2.80 bits per heavy atom. The molecule has 0 radical (unpaired) electrons. The van der Waals surface area contributed by atoms with Crippen LogP contribution in [0.15, 0.2) is 16.6 Å². The Hall–Kier alpha value is -1.48. The van der Waals surface area contributed by atoms with Gasteiger partial charge in [0, 0.05) is 9.86 Å². The van der Waals surface area contributed by atoms with Crippen LogP contribution in [0, 0.1) is 11.3 Å². The van der Waals surface area contributed by atoms with Gasteiger partial charge in [-0.1, -0.05) is 15.9 Å². The van der Waals surface area contributed by atoms with Crippen LogP contribution >= 0.6 is 15.9 Å². The summed E-state index contributed by atoms with van der Waals surface area (Å²) in [4.78, 5) is 0. The van der Waals surface area contributed by atoms with E-state index in [1.54, 1.807) is 6.07 Å². The van der Waals surface area contributed by atoms with Crippen LogP contribution in [0.5, 0.6) is 0 Å². The highest BCUT2D eigenvalue weighted by Crippen LogP contribution is 2.32. The number of alkyl halides is 2. The molecule has 1 aromatic heterocycles. The van der Waals surface area contributed by atoms with E-state index in [0.717, 1.165) is 0 Å². The summed E-state index contributed by atoms with van der Waals surface area (Å²) in [5, 5.41) is 15.0. The number of benzene rings is 1. The van der Waals surface area contributed by atoms with Crippen LogP contribution < -0.4 is 0 Å². The van der Waals surface area contributed by atoms with E-state index in [1.807, 2.05) is 6.07 Å². The molecule has 0 atom stereocenters. The molecule has 0 unspecified atom stereocenters. The lowest BCUT2D eigenvalue weighted by Crippen LogP contribution is -1.85. The minimum absolute atomic E-state index is 0.266. The van der Waals surface area contributed by atoms with Crippen molar-refractivity contribution in [2.45, 2.75) is 6.43 Å². The first-order valence-electron chi connectivity index (χ1n) is 4.00. The first kappa shape index (κ1) is 10.1. The third-order valence-corrected chi connectivity index (χ3v) is 2.68. The zero-order valence-electron chi connectivity index (χ0n) is 7.26. The summed E-state index contributed by atoms with van der Waals surface area (Å²) < 4.78 is 25.6. The molecule has 1 aromatic carbocycles. The maximum Gasteiger partial charge on any atom is 0.280 e. The summed E-state index contributed by atoms with van der Waals surface area (Å²) in [6.45, 7) is 0. The van der Waals surface area contributed by atoms with E-state index in [2.05, 4.69) is 26.1 Å². The second-order valence-corrected chi connectivity index (χ2v) is 3.72. The third kappa shape index (κ3) is 1.49. The molecule has 0 saturated heterocycles. The van der Waals surface area contributed by atoms with Gasteiger partial charge in [-0.25, -0.2) is 8.78 Å². The topological polar surface area (TPSA) is 52.5 Å². The monoisotopic (exact) mass is 271 g/mol. The van der Waals surface area contributed by atoms with Crippen molar-refractivity contribution in [3.8, 4) is 6.07 Å². The van der Waals surface area contributed by atoms with Gasteiger partial charge in [-0.05, 0) is 12.1 Å². The molecule has 15 heavy (non-hydrogen) atoms. The van der Waals surface area contributed by atoms with Gasteiger partial charge < -0.3 is 0 Å². The van der Waals surface area contributed by atoms with Gasteiger partial charge in [0.1, 0.15) is 17.3 Å². The molecule has 0 bridgehead atoms. The molecule has 1 heterocycles. The minimum atomic E-state index is -2.64. The lowest BCUT2D eigenvalue weighted by molar-refractivity contribution is 0.147. The quantitative estimate of drug-likeness (QED) is 0.866. The molecule has 0 saturated carbocycles. The molecule has 1 N–H and O–H groups in total. The van der Waals surface area contributed by atoms with Gasteiger partial charge in [0.05, 0.1) is 5.56 Å². The minimum Gasteiger partial charge on any atom is -0.275 e. The van der Waals surface area contributed by atoms with Crippen LogP contribution in [-0.4, -0.2) is 10.2 Å². The highest BCUT2D eigenvalue weighted by molar-refractivity contribution is 9.10. The largest absolute Gasteiger partial charge is 0.280 e. The van der Waals surface area contributed by atoms with E-state index in [4.69, 9.17) is 5.26 Å². The summed E-state index contributed by atoms with van der Waals surface area (Å²) in [7, 11) is 0. The molecule has 2 rings (SSSR count). The van der Waals surface area contributed by atoms with Crippen molar-refractivity contribution < 1.29 is 8.78 Å². The smallest absolute Gasteiger partial charge is 0.275 e. The molecule has 76 valence electrons. The van der Waals surface area contributed by atoms with E-state index < -0.39 is 6.43 Å². The van der Waals surface area contributed by atoms with Crippen molar-refractivity contribution in [3.63, 3.8) is 0 Å². The van der Waals surface area contributed by atoms with Crippen LogP contribution in [0.3, 0.4) is 0 Å². The Balaban J connectivity index is 2.86. The van der Waals surface area contributed by atoms with Gasteiger partial charge in [-0.2, -0.15) is 10.4 Å². The number of aromatic nitrogens is 2. The number of fused-ring (bicyclic) bond motifs is 1. The van der Waals surface area contributed by atoms with Crippen molar-refractivity contribution in [1.29, 1.82) is 5.26 Å². The van der Waals surface area contributed by atoms with E-state index in [1.165, 1.54) is 6.07 Å². The van der Waals surface area contributed by atoms with Crippen LogP contribution in [0.1, 0.15) is 17.7 Å². The third-order valence-electron chi connectivity index (χ3n) is 2.02. The van der Waals surface area contributed by atoms with Gasteiger partial charge in [-0.15, -0.1) is 0 Å². The molecule has 3 nitrogen and oxygen atoms in total. The average molecular weight is 272 g/mol. The fraction of sp³-hybridized carbons (Fsp3) is 0.111. The lowest BCUT2D eigenvalue weighted by atomic mass is 10.1. The number of aromatic amines is 1. The molecular formula is C9H4BrF2N3. The normalized spacial score (nSPS) is 10.9. The Kier molecular flexibility index (Phi) is 2.40. The summed E-state index contributed by atoms with van der Waals surface area (Å²) in [6, 6.07) is 4.99. The van der Waals surface area contributed by atoms with Crippen LogP contribution in [-0.2, 0) is 0 Å². The van der Waals surface area contributed by atoms with Gasteiger partial charge >= 0.3 is 0 Å². The summed E-state index contributed by atoms with van der Waals surface area (Å²) in [6.07, 6.45) is -2.64. The molecule has 0 spiro atoms. The second-order valence-electron chi connectivity index (χ2n) is 2.87. The highest BCUT2D eigenvalue weighted by Gasteiger charge is 2.18. The van der Waals surface area contributed by atoms with Crippen LogP contribution in [0.4, 0.5) is 8.78 Å². The Bertz CT molecular complexity index is 556. The summed E-state index contributed by atoms with van der Waals surface area (Å²) in [5.41, 5.74) is 0.271. The highest BCUT2D eigenvalue weighted by atomic mass is 79.9. The number of nitrogens with one attached hydrogen (secondary N) is 1. The lowest BCUT2D eigenvalue weighted by Gasteiger charge is -1.98. The Morgan fingerprint density at radius 2 is 2.20 bits per heavy atom. The number of hydrogen-bond acceptors (Lipinski definition) is 2. The number of nitriles is 1. The maximum atomic E-state index is 12.6. The standard InChI is InChI=1S/C9H4BrF2N3/c10-5-2-1-4(3-13)7-6(5)8(9(11)12)15-14-7/h1-2,9H,(H,14,15). The molecule has 0 fully saturated rings. The molecule has 0 aliphatic rings. The molecule has 0 amide bonds. The van der Waals surface area contributed by atoms with Gasteiger partial charge in [0.2, 0.25) is 0 Å². The van der Waals surface area contributed by atoms with E-state index in [0.29, 0.717) is 4.47 Å². The number of rotatable bonds is 1. The number of nitrogens with zero attached hydrogens (tertiary/aromatic N) is 2. The molecular weight excluding hydrogens is 268 g/mol. The fourth-order valence-corrected chi connectivity index (χ4v) is 1.89.